The van der Waals surface area contributed by atoms with Crippen LogP contribution < -0.4 is 0 Å². The van der Waals surface area contributed by atoms with Crippen molar-refractivity contribution in [1.29, 1.82) is 0 Å². The Bertz CT molecular complexity index is 330. The Morgan fingerprint density at radius 1 is 1.44 bits per heavy atom. The van der Waals surface area contributed by atoms with E-state index in [4.69, 9.17) is 4.42 Å². The smallest absolute Gasteiger partial charge is 0.219 e. The SMILES string of the molecule is CCCCCc1ccoc1CN(C)C(C)=O. The van der Waals surface area contributed by atoms with Gasteiger partial charge in [-0.05, 0) is 24.5 Å². The zero-order valence-electron chi connectivity index (χ0n) is 10.5. The molecule has 0 unspecified atom stereocenters. The molecule has 0 saturated carbocycles. The van der Waals surface area contributed by atoms with E-state index in [0.717, 1.165) is 12.2 Å². The lowest BCUT2D eigenvalue weighted by atomic mass is 10.1. The van der Waals surface area contributed by atoms with Crippen molar-refractivity contribution in [1.82, 2.24) is 4.90 Å². The van der Waals surface area contributed by atoms with Gasteiger partial charge >= 0.3 is 0 Å². The van der Waals surface area contributed by atoms with Gasteiger partial charge in [0.05, 0.1) is 12.8 Å². The number of rotatable bonds is 6. The first-order valence-corrected chi connectivity index (χ1v) is 5.92. The lowest BCUT2D eigenvalue weighted by Crippen LogP contribution is -2.23. The second-order valence-electron chi connectivity index (χ2n) is 4.20. The predicted octanol–water partition coefficient (Wildman–Crippen LogP) is 2.99. The summed E-state index contributed by atoms with van der Waals surface area (Å²) < 4.78 is 5.42. The van der Waals surface area contributed by atoms with E-state index < -0.39 is 0 Å². The average Bonchev–Trinajstić information content (AvgIpc) is 2.66. The van der Waals surface area contributed by atoms with Crippen LogP contribution in [0.3, 0.4) is 0 Å². The Morgan fingerprint density at radius 3 is 2.81 bits per heavy atom. The van der Waals surface area contributed by atoms with Gasteiger partial charge in [-0.15, -0.1) is 0 Å². The number of unbranched alkanes of at least 4 members (excludes halogenated alkanes) is 2. The van der Waals surface area contributed by atoms with E-state index in [1.165, 1.54) is 24.8 Å². The van der Waals surface area contributed by atoms with E-state index >= 15 is 0 Å². The van der Waals surface area contributed by atoms with Crippen molar-refractivity contribution in [3.05, 3.63) is 23.7 Å². The molecular formula is C13H21NO2. The highest BCUT2D eigenvalue weighted by atomic mass is 16.3. The van der Waals surface area contributed by atoms with Gasteiger partial charge < -0.3 is 9.32 Å². The van der Waals surface area contributed by atoms with E-state index in [-0.39, 0.29) is 5.91 Å². The zero-order valence-corrected chi connectivity index (χ0v) is 10.5. The van der Waals surface area contributed by atoms with Crippen LogP contribution in [0.2, 0.25) is 0 Å². The summed E-state index contributed by atoms with van der Waals surface area (Å²) in [6.45, 7) is 4.34. The van der Waals surface area contributed by atoms with Crippen LogP contribution in [-0.2, 0) is 17.8 Å². The average molecular weight is 223 g/mol. The molecule has 1 heterocycles. The molecule has 1 rings (SSSR count). The second kappa shape index (κ2) is 6.36. The van der Waals surface area contributed by atoms with Crippen molar-refractivity contribution in [2.24, 2.45) is 0 Å². The Hall–Kier alpha value is -1.25. The van der Waals surface area contributed by atoms with E-state index in [1.807, 2.05) is 6.07 Å². The maximum Gasteiger partial charge on any atom is 0.219 e. The molecule has 0 saturated heterocycles. The fourth-order valence-electron chi connectivity index (χ4n) is 1.62. The van der Waals surface area contributed by atoms with E-state index in [9.17, 15) is 4.79 Å². The monoisotopic (exact) mass is 223 g/mol. The van der Waals surface area contributed by atoms with Gasteiger partial charge in [-0.25, -0.2) is 0 Å². The number of hydrogen-bond donors (Lipinski definition) is 0. The van der Waals surface area contributed by atoms with Crippen LogP contribution in [0.4, 0.5) is 0 Å². The van der Waals surface area contributed by atoms with Gasteiger partial charge in [0.1, 0.15) is 5.76 Å². The third-order valence-electron chi connectivity index (χ3n) is 2.81. The Kier molecular flexibility index (Phi) is 5.09. The summed E-state index contributed by atoms with van der Waals surface area (Å²) in [5.41, 5.74) is 1.24. The molecule has 0 aliphatic carbocycles. The van der Waals surface area contributed by atoms with Crippen LogP contribution >= 0.6 is 0 Å². The highest BCUT2D eigenvalue weighted by Crippen LogP contribution is 2.16. The fourth-order valence-corrected chi connectivity index (χ4v) is 1.62. The number of nitrogens with zero attached hydrogens (tertiary/aromatic N) is 1. The summed E-state index contributed by atoms with van der Waals surface area (Å²) in [4.78, 5) is 12.8. The second-order valence-corrected chi connectivity index (χ2v) is 4.20. The van der Waals surface area contributed by atoms with E-state index in [2.05, 4.69) is 6.92 Å². The molecule has 90 valence electrons. The van der Waals surface area contributed by atoms with Crippen LogP contribution in [0.5, 0.6) is 0 Å². The van der Waals surface area contributed by atoms with Gasteiger partial charge in [0.2, 0.25) is 5.91 Å². The van der Waals surface area contributed by atoms with Crippen molar-refractivity contribution in [3.8, 4) is 0 Å². The largest absolute Gasteiger partial charge is 0.467 e. The van der Waals surface area contributed by atoms with Crippen molar-refractivity contribution in [2.45, 2.75) is 46.1 Å². The number of aryl methyl sites for hydroxylation is 1. The number of amides is 1. The lowest BCUT2D eigenvalue weighted by molar-refractivity contribution is -0.128. The highest BCUT2D eigenvalue weighted by Gasteiger charge is 2.10. The first kappa shape index (κ1) is 12.8. The standard InChI is InChI=1S/C13H21NO2/c1-4-5-6-7-12-8-9-16-13(12)10-14(3)11(2)15/h8-9H,4-7,10H2,1-3H3. The maximum absolute atomic E-state index is 11.1. The normalized spacial score (nSPS) is 10.4. The quantitative estimate of drug-likeness (QED) is 0.695. The van der Waals surface area contributed by atoms with Crippen molar-refractivity contribution >= 4 is 5.91 Å². The van der Waals surface area contributed by atoms with Gasteiger partial charge in [-0.2, -0.15) is 0 Å². The van der Waals surface area contributed by atoms with Gasteiger partial charge in [0, 0.05) is 14.0 Å². The Balaban J connectivity index is 2.53. The molecule has 16 heavy (non-hydrogen) atoms. The van der Waals surface area contributed by atoms with Gasteiger partial charge in [0.25, 0.3) is 0 Å². The zero-order chi connectivity index (χ0) is 12.0. The molecule has 3 nitrogen and oxygen atoms in total. The topological polar surface area (TPSA) is 33.5 Å². The summed E-state index contributed by atoms with van der Waals surface area (Å²) in [7, 11) is 1.79. The molecule has 0 aliphatic heterocycles. The third-order valence-corrected chi connectivity index (χ3v) is 2.81. The summed E-state index contributed by atoms with van der Waals surface area (Å²) in [6, 6.07) is 2.01. The Morgan fingerprint density at radius 2 is 2.19 bits per heavy atom. The minimum atomic E-state index is 0.0657. The summed E-state index contributed by atoms with van der Waals surface area (Å²) >= 11 is 0. The molecule has 0 fully saturated rings. The fraction of sp³-hybridized carbons (Fsp3) is 0.615. The molecule has 0 aromatic carbocycles. The molecular weight excluding hydrogens is 202 g/mol. The van der Waals surface area contributed by atoms with Crippen molar-refractivity contribution < 1.29 is 9.21 Å². The molecule has 0 bridgehead atoms. The number of carbonyl (C=O) groups is 1. The first-order valence-electron chi connectivity index (χ1n) is 5.92. The first-order chi connectivity index (χ1) is 7.65. The van der Waals surface area contributed by atoms with Crippen molar-refractivity contribution in [3.63, 3.8) is 0 Å². The van der Waals surface area contributed by atoms with Crippen molar-refractivity contribution in [2.75, 3.05) is 7.05 Å². The predicted molar refractivity (Wildman–Crippen MR) is 64.1 cm³/mol. The molecule has 1 aromatic heterocycles. The summed E-state index contributed by atoms with van der Waals surface area (Å²) in [5.74, 6) is 0.990. The van der Waals surface area contributed by atoms with Crippen LogP contribution in [0, 0.1) is 0 Å². The maximum atomic E-state index is 11.1. The molecule has 0 atom stereocenters. The molecule has 0 radical (unpaired) electrons. The lowest BCUT2D eigenvalue weighted by Gasteiger charge is -2.13. The summed E-state index contributed by atoms with van der Waals surface area (Å²) in [6.07, 6.45) is 6.41. The number of furan rings is 1. The summed E-state index contributed by atoms with van der Waals surface area (Å²) in [5, 5.41) is 0. The van der Waals surface area contributed by atoms with Gasteiger partial charge in [-0.3, -0.25) is 4.79 Å². The minimum Gasteiger partial charge on any atom is -0.467 e. The van der Waals surface area contributed by atoms with Crippen LogP contribution in [0.25, 0.3) is 0 Å². The van der Waals surface area contributed by atoms with Crippen LogP contribution in [-0.4, -0.2) is 17.9 Å². The molecule has 0 N–H and O–H groups in total. The van der Waals surface area contributed by atoms with Gasteiger partial charge in [-0.1, -0.05) is 19.8 Å². The molecule has 0 aliphatic rings. The van der Waals surface area contributed by atoms with Crippen LogP contribution in [0.15, 0.2) is 16.7 Å². The van der Waals surface area contributed by atoms with E-state index in [0.29, 0.717) is 6.54 Å². The molecule has 3 heteroatoms. The Labute approximate surface area is 97.4 Å². The van der Waals surface area contributed by atoms with E-state index in [1.54, 1.807) is 25.1 Å². The number of hydrogen-bond acceptors (Lipinski definition) is 2. The molecule has 1 aromatic rings. The van der Waals surface area contributed by atoms with Crippen LogP contribution in [0.1, 0.15) is 44.4 Å². The van der Waals surface area contributed by atoms with Gasteiger partial charge in [0.15, 0.2) is 0 Å². The minimum absolute atomic E-state index is 0.0657. The molecule has 1 amide bonds. The molecule has 0 spiro atoms. The third kappa shape index (κ3) is 3.72. The number of carbonyl (C=O) groups excluding carboxylic acids is 1. The highest BCUT2D eigenvalue weighted by molar-refractivity contribution is 5.72.